The van der Waals surface area contributed by atoms with Crippen molar-refractivity contribution >= 4 is 28.1 Å². The number of phenols is 1. The minimum absolute atomic E-state index is 0.221. The van der Waals surface area contributed by atoms with Gasteiger partial charge in [0.25, 0.3) is 0 Å². The summed E-state index contributed by atoms with van der Waals surface area (Å²) < 4.78 is 5.65. The van der Waals surface area contributed by atoms with Crippen molar-refractivity contribution < 1.29 is 9.84 Å². The molecule has 1 atom stereocenters. The minimum Gasteiger partial charge on any atom is -0.508 e. The number of phenolic OH excluding ortho intramolecular Hbond substituents is 1. The molecule has 0 amide bonds. The SMILES string of the molecule is Cc1nc(NCC2CCCO2)sc1-c1ccnc(Nc2ccc(O)cc2)n1. The maximum Gasteiger partial charge on any atom is 0.227 e. The fraction of sp³-hybridized carbons (Fsp3) is 0.316. The number of hydrogen-bond acceptors (Lipinski definition) is 8. The number of ether oxygens (including phenoxy) is 1. The Morgan fingerprint density at radius 2 is 2.07 bits per heavy atom. The highest BCUT2D eigenvalue weighted by atomic mass is 32.1. The average molecular weight is 383 g/mol. The normalized spacial score (nSPS) is 16.4. The number of hydrogen-bond donors (Lipinski definition) is 3. The van der Waals surface area contributed by atoms with Gasteiger partial charge in [0.05, 0.1) is 22.4 Å². The van der Waals surface area contributed by atoms with Crippen LogP contribution in [0.1, 0.15) is 18.5 Å². The van der Waals surface area contributed by atoms with Gasteiger partial charge >= 0.3 is 0 Å². The van der Waals surface area contributed by atoms with Gasteiger partial charge in [-0.1, -0.05) is 11.3 Å². The quantitative estimate of drug-likeness (QED) is 0.555. The Bertz CT molecular complexity index is 907. The molecule has 8 heteroatoms. The molecule has 0 aliphatic carbocycles. The molecule has 3 heterocycles. The van der Waals surface area contributed by atoms with Crippen molar-refractivity contribution in [1.29, 1.82) is 0 Å². The van der Waals surface area contributed by atoms with E-state index >= 15 is 0 Å². The Morgan fingerprint density at radius 3 is 2.85 bits per heavy atom. The van der Waals surface area contributed by atoms with Crippen LogP contribution < -0.4 is 10.6 Å². The van der Waals surface area contributed by atoms with Crippen LogP contribution in [0.5, 0.6) is 5.75 Å². The first kappa shape index (κ1) is 17.7. The third-order valence-electron chi connectivity index (χ3n) is 4.31. The average Bonchev–Trinajstić information content (AvgIpc) is 3.32. The number of aromatic hydroxyl groups is 1. The third-order valence-corrected chi connectivity index (χ3v) is 5.45. The van der Waals surface area contributed by atoms with E-state index in [0.717, 1.165) is 53.1 Å². The van der Waals surface area contributed by atoms with Crippen molar-refractivity contribution in [1.82, 2.24) is 15.0 Å². The molecule has 4 rings (SSSR count). The Labute approximate surface area is 161 Å². The van der Waals surface area contributed by atoms with Gasteiger partial charge in [-0.3, -0.25) is 0 Å². The largest absolute Gasteiger partial charge is 0.508 e. The van der Waals surface area contributed by atoms with Crippen LogP contribution in [0.3, 0.4) is 0 Å². The van der Waals surface area contributed by atoms with Gasteiger partial charge in [0.1, 0.15) is 5.75 Å². The summed E-state index contributed by atoms with van der Waals surface area (Å²) in [7, 11) is 0. The third kappa shape index (κ3) is 4.35. The molecule has 0 bridgehead atoms. The predicted molar refractivity (Wildman–Crippen MR) is 107 cm³/mol. The smallest absolute Gasteiger partial charge is 0.227 e. The number of benzene rings is 1. The van der Waals surface area contributed by atoms with E-state index in [4.69, 9.17) is 4.74 Å². The van der Waals surface area contributed by atoms with Crippen molar-refractivity contribution in [2.24, 2.45) is 0 Å². The fourth-order valence-electron chi connectivity index (χ4n) is 2.94. The van der Waals surface area contributed by atoms with Crippen LogP contribution in [-0.4, -0.2) is 39.3 Å². The van der Waals surface area contributed by atoms with Gasteiger partial charge in [0, 0.05) is 25.0 Å². The van der Waals surface area contributed by atoms with Crippen molar-refractivity contribution in [3.8, 4) is 16.3 Å². The van der Waals surface area contributed by atoms with Gasteiger partial charge in [0.15, 0.2) is 5.13 Å². The summed E-state index contributed by atoms with van der Waals surface area (Å²) in [4.78, 5) is 14.5. The molecule has 1 saturated heterocycles. The number of anilines is 3. The summed E-state index contributed by atoms with van der Waals surface area (Å²) >= 11 is 1.58. The Hall–Kier alpha value is -2.71. The van der Waals surface area contributed by atoms with E-state index in [9.17, 15) is 5.11 Å². The lowest BCUT2D eigenvalue weighted by Gasteiger charge is -2.09. The molecule has 0 saturated carbocycles. The van der Waals surface area contributed by atoms with Gasteiger partial charge in [-0.2, -0.15) is 0 Å². The lowest BCUT2D eigenvalue weighted by molar-refractivity contribution is 0.120. The molecule has 7 nitrogen and oxygen atoms in total. The minimum atomic E-state index is 0.221. The summed E-state index contributed by atoms with van der Waals surface area (Å²) in [5.74, 6) is 0.721. The van der Waals surface area contributed by atoms with Crippen LogP contribution in [0.4, 0.5) is 16.8 Å². The van der Waals surface area contributed by atoms with E-state index in [1.807, 2.05) is 13.0 Å². The van der Waals surface area contributed by atoms with Gasteiger partial charge in [0.2, 0.25) is 5.95 Å². The number of aromatic nitrogens is 3. The second kappa shape index (κ2) is 7.89. The van der Waals surface area contributed by atoms with E-state index in [0.29, 0.717) is 5.95 Å². The van der Waals surface area contributed by atoms with Gasteiger partial charge in [-0.15, -0.1) is 0 Å². The number of aryl methyl sites for hydroxylation is 1. The van der Waals surface area contributed by atoms with Gasteiger partial charge < -0.3 is 20.5 Å². The first-order chi connectivity index (χ1) is 13.2. The molecule has 1 aliphatic rings. The zero-order chi connectivity index (χ0) is 18.6. The number of thiazole rings is 1. The Morgan fingerprint density at radius 1 is 1.22 bits per heavy atom. The molecular formula is C19H21N5O2S. The number of nitrogens with one attached hydrogen (secondary N) is 2. The molecular weight excluding hydrogens is 362 g/mol. The van der Waals surface area contributed by atoms with Crippen molar-refractivity contribution in [3.05, 3.63) is 42.2 Å². The molecule has 27 heavy (non-hydrogen) atoms. The standard InChI is InChI=1S/C19H21N5O2S/c1-12-17(27-19(22-12)21-11-15-3-2-10-26-15)16-8-9-20-18(24-16)23-13-4-6-14(25)7-5-13/h4-9,15,25H,2-3,10-11H2,1H3,(H,21,22)(H,20,23,24). The molecule has 0 spiro atoms. The van der Waals surface area contributed by atoms with E-state index in [-0.39, 0.29) is 11.9 Å². The van der Waals surface area contributed by atoms with Crippen molar-refractivity contribution in [2.75, 3.05) is 23.8 Å². The first-order valence-corrected chi connectivity index (χ1v) is 9.71. The molecule has 2 aromatic heterocycles. The first-order valence-electron chi connectivity index (χ1n) is 8.90. The van der Waals surface area contributed by atoms with Crippen LogP contribution in [-0.2, 0) is 4.74 Å². The lowest BCUT2D eigenvalue weighted by Crippen LogP contribution is -2.18. The molecule has 3 N–H and O–H groups in total. The van der Waals surface area contributed by atoms with Gasteiger partial charge in [-0.05, 0) is 50.1 Å². The second-order valence-corrected chi connectivity index (χ2v) is 7.39. The zero-order valence-corrected chi connectivity index (χ0v) is 15.8. The van der Waals surface area contributed by atoms with E-state index in [2.05, 4.69) is 25.6 Å². The van der Waals surface area contributed by atoms with Crippen LogP contribution in [0.15, 0.2) is 36.5 Å². The van der Waals surface area contributed by atoms with Crippen LogP contribution >= 0.6 is 11.3 Å². The lowest BCUT2D eigenvalue weighted by atomic mass is 10.2. The van der Waals surface area contributed by atoms with Crippen LogP contribution in [0, 0.1) is 6.92 Å². The van der Waals surface area contributed by atoms with Crippen LogP contribution in [0.25, 0.3) is 10.6 Å². The van der Waals surface area contributed by atoms with E-state index in [1.54, 1.807) is 41.8 Å². The maximum atomic E-state index is 9.38. The fourth-order valence-corrected chi connectivity index (χ4v) is 3.88. The zero-order valence-electron chi connectivity index (χ0n) is 15.0. The van der Waals surface area contributed by atoms with Crippen LogP contribution in [0.2, 0.25) is 0 Å². The molecule has 1 unspecified atom stereocenters. The highest BCUT2D eigenvalue weighted by molar-refractivity contribution is 7.19. The van der Waals surface area contributed by atoms with E-state index in [1.165, 1.54) is 0 Å². The summed E-state index contributed by atoms with van der Waals surface area (Å²) in [5.41, 5.74) is 2.57. The Kier molecular flexibility index (Phi) is 5.17. The highest BCUT2D eigenvalue weighted by Gasteiger charge is 2.17. The summed E-state index contributed by atoms with van der Waals surface area (Å²) in [6.45, 7) is 3.62. The summed E-state index contributed by atoms with van der Waals surface area (Å²) in [6, 6.07) is 8.66. The van der Waals surface area contributed by atoms with Crippen molar-refractivity contribution in [2.45, 2.75) is 25.9 Å². The molecule has 1 fully saturated rings. The topological polar surface area (TPSA) is 92.2 Å². The van der Waals surface area contributed by atoms with E-state index < -0.39 is 0 Å². The Balaban J connectivity index is 1.48. The summed E-state index contributed by atoms with van der Waals surface area (Å²) in [5, 5.41) is 16.8. The number of rotatable bonds is 6. The number of nitrogens with zero attached hydrogens (tertiary/aromatic N) is 3. The monoisotopic (exact) mass is 383 g/mol. The highest BCUT2D eigenvalue weighted by Crippen LogP contribution is 2.32. The molecule has 140 valence electrons. The predicted octanol–water partition coefficient (Wildman–Crippen LogP) is 3.95. The molecule has 3 aromatic rings. The molecule has 1 aliphatic heterocycles. The summed E-state index contributed by atoms with van der Waals surface area (Å²) in [6.07, 6.45) is 4.23. The van der Waals surface area contributed by atoms with Crippen molar-refractivity contribution in [3.63, 3.8) is 0 Å². The maximum absolute atomic E-state index is 9.38. The molecule has 0 radical (unpaired) electrons. The molecule has 1 aromatic carbocycles. The van der Waals surface area contributed by atoms with Gasteiger partial charge in [-0.25, -0.2) is 15.0 Å². The second-order valence-electron chi connectivity index (χ2n) is 6.39.